The highest BCUT2D eigenvalue weighted by Crippen LogP contribution is 2.49. The summed E-state index contributed by atoms with van der Waals surface area (Å²) in [6.07, 6.45) is 5.40. The maximum atomic E-state index is 6.33. The molecule has 4 rings (SSSR count). The second kappa shape index (κ2) is 4.25. The van der Waals surface area contributed by atoms with E-state index in [1.807, 2.05) is 6.92 Å². The topological polar surface area (TPSA) is 52.8 Å². The van der Waals surface area contributed by atoms with Gasteiger partial charge in [0, 0.05) is 12.3 Å². The molecule has 0 aliphatic carbocycles. The van der Waals surface area contributed by atoms with Gasteiger partial charge in [0.05, 0.1) is 11.8 Å². The van der Waals surface area contributed by atoms with Crippen molar-refractivity contribution < 1.29 is 4.74 Å². The lowest BCUT2D eigenvalue weighted by Gasteiger charge is -2.18. The van der Waals surface area contributed by atoms with Crippen molar-refractivity contribution in [2.24, 2.45) is 11.8 Å². The Kier molecular flexibility index (Phi) is 2.61. The van der Waals surface area contributed by atoms with Crippen molar-refractivity contribution in [1.29, 1.82) is 0 Å². The molecule has 5 nitrogen and oxygen atoms in total. The number of nitrogens with zero attached hydrogens (tertiary/aromatic N) is 4. The van der Waals surface area contributed by atoms with E-state index in [9.17, 15) is 0 Å². The summed E-state index contributed by atoms with van der Waals surface area (Å²) in [5.41, 5.74) is 2.81. The van der Waals surface area contributed by atoms with Crippen molar-refractivity contribution in [1.82, 2.24) is 19.5 Å². The van der Waals surface area contributed by atoms with Crippen molar-refractivity contribution in [3.05, 3.63) is 17.8 Å². The molecular weight excluding hydrogens is 252 g/mol. The summed E-state index contributed by atoms with van der Waals surface area (Å²) in [5, 5.41) is 0. The van der Waals surface area contributed by atoms with Crippen molar-refractivity contribution >= 4 is 11.2 Å². The Morgan fingerprint density at radius 2 is 2.15 bits per heavy atom. The molecule has 0 saturated carbocycles. The molecule has 2 aliphatic rings. The van der Waals surface area contributed by atoms with Gasteiger partial charge in [-0.15, -0.1) is 0 Å². The van der Waals surface area contributed by atoms with Gasteiger partial charge in [0.25, 0.3) is 0 Å². The lowest BCUT2D eigenvalue weighted by Crippen LogP contribution is -2.19. The molecule has 0 radical (unpaired) electrons. The summed E-state index contributed by atoms with van der Waals surface area (Å²) >= 11 is 0. The van der Waals surface area contributed by atoms with Gasteiger partial charge in [-0.1, -0.05) is 20.3 Å². The maximum Gasteiger partial charge on any atom is 0.165 e. The lowest BCUT2D eigenvalue weighted by atomic mass is 9.85. The van der Waals surface area contributed by atoms with Crippen LogP contribution in [0.2, 0.25) is 0 Å². The highest BCUT2D eigenvalue weighted by atomic mass is 16.5. The number of aryl methyl sites for hydroxylation is 1. The number of fused-ring (bicyclic) bond motifs is 5. The zero-order valence-corrected chi connectivity index (χ0v) is 12.2. The summed E-state index contributed by atoms with van der Waals surface area (Å²) < 4.78 is 8.55. The van der Waals surface area contributed by atoms with Crippen LogP contribution in [-0.2, 0) is 11.2 Å². The minimum Gasteiger partial charge on any atom is -0.354 e. The normalized spacial score (nSPS) is 31.8. The molecule has 2 unspecified atom stereocenters. The van der Waals surface area contributed by atoms with Gasteiger partial charge >= 0.3 is 0 Å². The molecule has 2 aromatic rings. The van der Waals surface area contributed by atoms with E-state index in [0.717, 1.165) is 35.5 Å². The van der Waals surface area contributed by atoms with Gasteiger partial charge in [-0.3, -0.25) is 4.57 Å². The predicted octanol–water partition coefficient (Wildman–Crippen LogP) is 2.64. The number of aromatic nitrogens is 4. The van der Waals surface area contributed by atoms with Crippen LogP contribution in [0.15, 0.2) is 6.33 Å². The van der Waals surface area contributed by atoms with Gasteiger partial charge in [0.1, 0.15) is 23.9 Å². The Hall–Kier alpha value is -1.49. The first-order valence-electron chi connectivity index (χ1n) is 7.58. The molecule has 1 saturated heterocycles. The summed E-state index contributed by atoms with van der Waals surface area (Å²) in [4.78, 5) is 13.4. The van der Waals surface area contributed by atoms with Gasteiger partial charge < -0.3 is 4.74 Å². The number of hydrogen-bond acceptors (Lipinski definition) is 4. The Labute approximate surface area is 118 Å². The maximum absolute atomic E-state index is 6.33. The monoisotopic (exact) mass is 272 g/mol. The van der Waals surface area contributed by atoms with Gasteiger partial charge in [0.2, 0.25) is 0 Å². The first-order valence-corrected chi connectivity index (χ1v) is 7.58. The van der Waals surface area contributed by atoms with E-state index in [4.69, 9.17) is 9.72 Å². The Morgan fingerprint density at radius 3 is 2.90 bits per heavy atom. The average Bonchev–Trinajstić information content (AvgIpc) is 3.06. The van der Waals surface area contributed by atoms with Gasteiger partial charge in [0.15, 0.2) is 5.65 Å². The van der Waals surface area contributed by atoms with Crippen LogP contribution in [0.4, 0.5) is 0 Å². The Morgan fingerprint density at radius 1 is 1.30 bits per heavy atom. The molecule has 20 heavy (non-hydrogen) atoms. The van der Waals surface area contributed by atoms with Crippen LogP contribution in [0.3, 0.4) is 0 Å². The van der Waals surface area contributed by atoms with Crippen molar-refractivity contribution in [3.63, 3.8) is 0 Å². The van der Waals surface area contributed by atoms with Crippen LogP contribution < -0.4 is 0 Å². The second-order valence-corrected chi connectivity index (χ2v) is 5.94. The van der Waals surface area contributed by atoms with E-state index in [-0.39, 0.29) is 6.23 Å². The van der Waals surface area contributed by atoms with Gasteiger partial charge in [-0.05, 0) is 19.3 Å². The van der Waals surface area contributed by atoms with Gasteiger partial charge in [-0.2, -0.15) is 0 Å². The minimum absolute atomic E-state index is 0.124. The first kappa shape index (κ1) is 12.3. The summed E-state index contributed by atoms with van der Waals surface area (Å²) in [6.45, 7) is 6.47. The highest BCUT2D eigenvalue weighted by Gasteiger charge is 2.49. The van der Waals surface area contributed by atoms with E-state index in [2.05, 4.69) is 28.4 Å². The fourth-order valence-corrected chi connectivity index (χ4v) is 4.03. The van der Waals surface area contributed by atoms with Crippen LogP contribution in [0.25, 0.3) is 11.2 Å². The number of imidazole rings is 1. The molecule has 0 spiro atoms. The largest absolute Gasteiger partial charge is 0.354 e. The van der Waals surface area contributed by atoms with E-state index in [1.54, 1.807) is 6.33 Å². The standard InChI is InChI=1S/C15H20N4O/c1-4-9-10-6-12-18-13-8(3)16-7-17-14(13)19(12)15(10)20-11(9)5-2/h7,9-11,15H,4-6H2,1-3H3/t9?,10?,11-,15-/m1/s1. The number of rotatable bonds is 2. The fourth-order valence-electron chi connectivity index (χ4n) is 4.03. The predicted molar refractivity (Wildman–Crippen MR) is 75.2 cm³/mol. The molecule has 4 heterocycles. The SMILES string of the molecule is CCC1C2Cc3nc4c(C)ncnc4n3[C@@H]2O[C@@H]1CC. The zero-order valence-electron chi connectivity index (χ0n) is 12.2. The zero-order chi connectivity index (χ0) is 13.9. The lowest BCUT2D eigenvalue weighted by molar-refractivity contribution is -0.00697. The van der Waals surface area contributed by atoms with E-state index in [0.29, 0.717) is 17.9 Å². The molecule has 0 aromatic carbocycles. The van der Waals surface area contributed by atoms with Crippen LogP contribution in [-0.4, -0.2) is 25.6 Å². The molecule has 0 N–H and O–H groups in total. The minimum atomic E-state index is 0.124. The van der Waals surface area contributed by atoms with Crippen molar-refractivity contribution in [3.8, 4) is 0 Å². The number of ether oxygens (including phenoxy) is 1. The molecular formula is C15H20N4O. The molecule has 106 valence electrons. The molecule has 0 amide bonds. The third-order valence-corrected chi connectivity index (χ3v) is 4.99. The molecule has 4 atom stereocenters. The van der Waals surface area contributed by atoms with Gasteiger partial charge in [-0.25, -0.2) is 15.0 Å². The third kappa shape index (κ3) is 1.44. The molecule has 1 fully saturated rings. The second-order valence-electron chi connectivity index (χ2n) is 5.94. The quantitative estimate of drug-likeness (QED) is 0.843. The van der Waals surface area contributed by atoms with Crippen molar-refractivity contribution in [2.75, 3.05) is 0 Å². The Balaban J connectivity index is 1.83. The van der Waals surface area contributed by atoms with Crippen LogP contribution in [0.5, 0.6) is 0 Å². The van der Waals surface area contributed by atoms with E-state index < -0.39 is 0 Å². The smallest absolute Gasteiger partial charge is 0.165 e. The summed E-state index contributed by atoms with van der Waals surface area (Å²) in [6, 6.07) is 0. The van der Waals surface area contributed by atoms with E-state index >= 15 is 0 Å². The molecule has 2 aromatic heterocycles. The molecule has 2 aliphatic heterocycles. The summed E-state index contributed by atoms with van der Waals surface area (Å²) in [5.74, 6) is 2.32. The van der Waals surface area contributed by atoms with Crippen LogP contribution >= 0.6 is 0 Å². The summed E-state index contributed by atoms with van der Waals surface area (Å²) in [7, 11) is 0. The van der Waals surface area contributed by atoms with E-state index in [1.165, 1.54) is 6.42 Å². The van der Waals surface area contributed by atoms with Crippen LogP contribution in [0, 0.1) is 18.8 Å². The third-order valence-electron chi connectivity index (χ3n) is 4.99. The molecule has 5 heteroatoms. The fraction of sp³-hybridized carbons (Fsp3) is 0.667. The Bertz CT molecular complexity index is 665. The highest BCUT2D eigenvalue weighted by molar-refractivity contribution is 5.74. The average molecular weight is 272 g/mol. The van der Waals surface area contributed by atoms with Crippen LogP contribution in [0.1, 0.15) is 44.4 Å². The first-order chi connectivity index (χ1) is 9.74. The number of hydrogen-bond donors (Lipinski definition) is 0. The molecule has 0 bridgehead atoms. The van der Waals surface area contributed by atoms with Crippen molar-refractivity contribution in [2.45, 2.75) is 52.4 Å².